The second-order valence-electron chi connectivity index (χ2n) is 13.1. The molecule has 12 nitrogen and oxygen atoms in total. The van der Waals surface area contributed by atoms with Gasteiger partial charge in [-0.2, -0.15) is 0 Å². The smallest absolute Gasteiger partial charge is 0.164 e. The van der Waals surface area contributed by atoms with Crippen LogP contribution >= 0.6 is 27.5 Å². The van der Waals surface area contributed by atoms with Crippen LogP contribution < -0.4 is 29.6 Å². The molecule has 8 rings (SSSR count). The Morgan fingerprint density at radius 3 is 1.75 bits per heavy atom. The van der Waals surface area contributed by atoms with Crippen molar-refractivity contribution >= 4 is 72.1 Å². The summed E-state index contributed by atoms with van der Waals surface area (Å²) in [6.45, 7) is 0.655. The van der Waals surface area contributed by atoms with E-state index in [1.165, 1.54) is 25.3 Å². The number of hydrogen-bond acceptors (Lipinski definition) is 11. The van der Waals surface area contributed by atoms with E-state index in [0.717, 1.165) is 22.8 Å². The number of anilines is 4. The van der Waals surface area contributed by atoms with E-state index in [1.807, 2.05) is 48.1 Å². The second kappa shape index (κ2) is 18.4. The molecule has 3 heterocycles. The highest BCUT2D eigenvalue weighted by atomic mass is 79.9. The van der Waals surface area contributed by atoms with Gasteiger partial charge >= 0.3 is 0 Å². The van der Waals surface area contributed by atoms with Crippen molar-refractivity contribution in [1.29, 1.82) is 0 Å². The van der Waals surface area contributed by atoms with E-state index in [9.17, 15) is 19.0 Å². The Hall–Kier alpha value is -6.84. The molecule has 4 N–H and O–H groups in total. The van der Waals surface area contributed by atoms with Gasteiger partial charge in [-0.05, 0) is 57.9 Å². The summed E-state index contributed by atoms with van der Waals surface area (Å²) >= 11 is 8.86. The molecule has 3 aromatic heterocycles. The molecule has 306 valence electrons. The molecule has 16 heteroatoms. The predicted octanol–water partition coefficient (Wildman–Crippen LogP) is 11.0. The number of nitrogens with one attached hydrogen (secondary N) is 2. The molecule has 0 fully saturated rings. The number of aromatic hydroxyl groups is 2. The van der Waals surface area contributed by atoms with E-state index in [2.05, 4.69) is 41.5 Å². The summed E-state index contributed by atoms with van der Waals surface area (Å²) in [6, 6.07) is 25.1. The third-order valence-electron chi connectivity index (χ3n) is 9.18. The minimum Gasteiger partial charge on any atom is -0.507 e. The first-order valence-electron chi connectivity index (χ1n) is 18.1. The van der Waals surface area contributed by atoms with Crippen LogP contribution in [0, 0.1) is 11.6 Å². The number of benzene rings is 5. The van der Waals surface area contributed by atoms with Crippen molar-refractivity contribution in [3.63, 3.8) is 0 Å². The van der Waals surface area contributed by atoms with Crippen LogP contribution in [-0.4, -0.2) is 44.0 Å². The lowest BCUT2D eigenvalue weighted by atomic mass is 10.1. The molecule has 5 aromatic carbocycles. The molecule has 0 saturated heterocycles. The van der Waals surface area contributed by atoms with Crippen molar-refractivity contribution < 1.29 is 37.9 Å². The number of pyridine rings is 2. The minimum atomic E-state index is -0.593. The van der Waals surface area contributed by atoms with Crippen LogP contribution in [0.5, 0.6) is 34.5 Å². The van der Waals surface area contributed by atoms with Crippen LogP contribution in [0.2, 0.25) is 5.02 Å². The van der Waals surface area contributed by atoms with Gasteiger partial charge in [-0.3, -0.25) is 9.97 Å². The lowest BCUT2D eigenvalue weighted by Gasteiger charge is -2.15. The van der Waals surface area contributed by atoms with E-state index < -0.39 is 11.6 Å². The number of aryl methyl sites for hydroxylation is 1. The predicted molar refractivity (Wildman–Crippen MR) is 230 cm³/mol. The molecular weight excluding hydrogens is 862 g/mol. The van der Waals surface area contributed by atoms with Gasteiger partial charge in [0.15, 0.2) is 23.0 Å². The van der Waals surface area contributed by atoms with Crippen LogP contribution in [-0.2, 0) is 20.3 Å². The Morgan fingerprint density at radius 2 is 1.20 bits per heavy atom. The van der Waals surface area contributed by atoms with E-state index in [4.69, 9.17) is 30.5 Å². The average molecular weight is 898 g/mol. The number of halogens is 4. The highest BCUT2D eigenvalue weighted by molar-refractivity contribution is 9.10. The molecule has 8 aromatic rings. The molecule has 0 unspecified atom stereocenters. The minimum absolute atomic E-state index is 0.0613. The Morgan fingerprint density at radius 1 is 0.650 bits per heavy atom. The van der Waals surface area contributed by atoms with E-state index in [-0.39, 0.29) is 39.0 Å². The number of aromatic nitrogens is 4. The number of hydrogen-bond donors (Lipinski definition) is 4. The number of methoxy groups -OCH3 is 2. The topological polar surface area (TPSA) is 145 Å². The zero-order chi connectivity index (χ0) is 42.3. The van der Waals surface area contributed by atoms with Crippen molar-refractivity contribution in [2.24, 2.45) is 7.05 Å². The summed E-state index contributed by atoms with van der Waals surface area (Å²) < 4.78 is 53.6. The van der Waals surface area contributed by atoms with Gasteiger partial charge in [-0.25, -0.2) is 13.8 Å². The first kappa shape index (κ1) is 41.3. The van der Waals surface area contributed by atoms with Crippen LogP contribution in [0.1, 0.15) is 11.4 Å². The molecule has 0 aliphatic carbocycles. The standard InChI is InChI=1S/C23H18BrFN2O3.C21H18ClFN4O3/c1-29-22-9-15-18(27-20-11-21(28)16(24)10-17(20)25)7-8-26-19(15)12-23(22)30-13-14-5-3-2-4-6-14;1-27-6-5-25-21(27)11-30-20-10-16-12(7-19(20)29-2)15(3-4-24-16)26-17-9-18(28)13(22)8-14(17)23/h2-12,28H,13H2,1H3,(H,26,27);3-10,28H,11H2,1-2H3,(H,24,26). The summed E-state index contributed by atoms with van der Waals surface area (Å²) in [7, 11) is 4.98. The first-order chi connectivity index (χ1) is 29.0. The van der Waals surface area contributed by atoms with Crippen molar-refractivity contribution in [2.45, 2.75) is 13.2 Å². The van der Waals surface area contributed by atoms with E-state index in [0.29, 0.717) is 57.4 Å². The number of phenolic OH excluding ortho intramolecular Hbond substituents is 2. The molecule has 0 aliphatic rings. The van der Waals surface area contributed by atoms with E-state index >= 15 is 0 Å². The molecule has 60 heavy (non-hydrogen) atoms. The number of nitrogens with zero attached hydrogens (tertiary/aromatic N) is 4. The Kier molecular flexibility index (Phi) is 12.7. The summed E-state index contributed by atoms with van der Waals surface area (Å²) in [5, 5.41) is 27.0. The molecule has 0 saturated carbocycles. The normalized spacial score (nSPS) is 10.8. The number of rotatable bonds is 12. The quantitative estimate of drug-likeness (QED) is 0.0930. The lowest BCUT2D eigenvalue weighted by Crippen LogP contribution is -2.04. The highest BCUT2D eigenvalue weighted by Crippen LogP contribution is 2.39. The summed E-state index contributed by atoms with van der Waals surface area (Å²) in [5.74, 6) is 1.48. The fourth-order valence-corrected chi connectivity index (χ4v) is 6.51. The van der Waals surface area contributed by atoms with Crippen LogP contribution in [0.15, 0.2) is 120 Å². The number of ether oxygens (including phenoxy) is 4. The lowest BCUT2D eigenvalue weighted by molar-refractivity contribution is 0.273. The van der Waals surface area contributed by atoms with Crippen LogP contribution in [0.25, 0.3) is 21.8 Å². The molecule has 0 amide bonds. The van der Waals surface area contributed by atoms with Crippen molar-refractivity contribution in [1.82, 2.24) is 19.5 Å². The van der Waals surface area contributed by atoms with E-state index in [1.54, 1.807) is 62.1 Å². The van der Waals surface area contributed by atoms with Gasteiger partial charge < -0.3 is 44.4 Å². The highest BCUT2D eigenvalue weighted by Gasteiger charge is 2.16. The van der Waals surface area contributed by atoms with Crippen LogP contribution in [0.4, 0.5) is 31.5 Å². The van der Waals surface area contributed by atoms with Gasteiger partial charge in [0, 0.05) is 78.2 Å². The fourth-order valence-electron chi connectivity index (χ4n) is 6.04. The maximum atomic E-state index is 14.3. The molecule has 0 bridgehead atoms. The Labute approximate surface area is 356 Å². The Balaban J connectivity index is 0.000000181. The van der Waals surface area contributed by atoms with Gasteiger partial charge in [0.25, 0.3) is 0 Å². The molecule has 0 spiro atoms. The number of fused-ring (bicyclic) bond motifs is 2. The summed E-state index contributed by atoms with van der Waals surface area (Å²) in [5.41, 5.74) is 3.74. The van der Waals surface area contributed by atoms with Crippen LogP contribution in [0.3, 0.4) is 0 Å². The zero-order valence-electron chi connectivity index (χ0n) is 32.2. The van der Waals surface area contributed by atoms with Gasteiger partial charge in [0.1, 0.15) is 42.2 Å². The summed E-state index contributed by atoms with van der Waals surface area (Å²) in [4.78, 5) is 13.0. The first-order valence-corrected chi connectivity index (χ1v) is 19.3. The number of imidazole rings is 1. The third-order valence-corrected chi connectivity index (χ3v) is 10.1. The van der Waals surface area contributed by atoms with Gasteiger partial charge in [-0.15, -0.1) is 0 Å². The molecule has 0 atom stereocenters. The average Bonchev–Trinajstić information content (AvgIpc) is 3.67. The second-order valence-corrected chi connectivity index (χ2v) is 14.4. The monoisotopic (exact) mass is 896 g/mol. The third kappa shape index (κ3) is 9.38. The van der Waals surface area contributed by atoms with Crippen molar-refractivity contribution in [3.8, 4) is 34.5 Å². The summed E-state index contributed by atoms with van der Waals surface area (Å²) in [6.07, 6.45) is 6.75. The zero-order valence-corrected chi connectivity index (χ0v) is 34.6. The van der Waals surface area contributed by atoms with Crippen molar-refractivity contribution in [3.05, 3.63) is 148 Å². The van der Waals surface area contributed by atoms with Gasteiger partial charge in [0.2, 0.25) is 0 Å². The maximum absolute atomic E-state index is 14.3. The van der Waals surface area contributed by atoms with Gasteiger partial charge in [0.05, 0.1) is 46.1 Å². The fraction of sp³-hybridized carbons (Fsp3) is 0.114. The van der Waals surface area contributed by atoms with Gasteiger partial charge in [-0.1, -0.05) is 41.9 Å². The SMILES string of the molecule is COc1cc2c(Nc3cc(O)c(Br)cc3F)ccnc2cc1OCc1ccccc1.COc1cc2c(Nc3cc(O)c(Cl)cc3F)ccnc2cc1OCc1nccn1C. The molecular formula is C44H36BrClF2N6O6. The molecule has 0 aliphatic heterocycles. The Bertz CT molecular complexity index is 2810. The number of phenols is 2. The molecule has 0 radical (unpaired) electrons. The largest absolute Gasteiger partial charge is 0.507 e. The van der Waals surface area contributed by atoms with Crippen molar-refractivity contribution in [2.75, 3.05) is 24.9 Å². The maximum Gasteiger partial charge on any atom is 0.164 e.